The second kappa shape index (κ2) is 7.09. The van der Waals surface area contributed by atoms with Crippen LogP contribution in [0.25, 0.3) is 0 Å². The number of rotatable bonds is 2. The highest BCUT2D eigenvalue weighted by molar-refractivity contribution is 6.32. The van der Waals surface area contributed by atoms with Gasteiger partial charge in [-0.3, -0.25) is 9.59 Å². The topological polar surface area (TPSA) is 99.2 Å². The Kier molecular flexibility index (Phi) is 4.39. The fourth-order valence-electron chi connectivity index (χ4n) is 6.10. The van der Waals surface area contributed by atoms with Gasteiger partial charge in [-0.2, -0.15) is 0 Å². The molecule has 0 saturated carbocycles. The van der Waals surface area contributed by atoms with Crippen LogP contribution in [-0.4, -0.2) is 39.5 Å². The number of hydrogen-bond donors (Lipinski definition) is 3. The molecule has 1 fully saturated rings. The third-order valence-corrected chi connectivity index (χ3v) is 7.69. The number of aromatic hydroxyl groups is 1. The Bertz CT molecular complexity index is 1510. The molecule has 2 aliphatic carbocycles. The van der Waals surface area contributed by atoms with Crippen LogP contribution in [0.2, 0.25) is 0 Å². The molecule has 4 aliphatic rings. The SMILES string of the molecule is CCc1cccc2c1C(=O)c1c3c(cc(O)c1C2=O)[C@@]12O[C@@]1(C(C)C)[C@H](C#C/C=C\C#C[C@H]2O)N3. The maximum absolute atomic E-state index is 14.0. The Hall–Kier alpha value is -3.84. The smallest absolute Gasteiger partial charge is 0.198 e. The minimum absolute atomic E-state index is 0.0471. The Morgan fingerprint density at radius 2 is 1.83 bits per heavy atom. The molecule has 2 heterocycles. The summed E-state index contributed by atoms with van der Waals surface area (Å²) in [5.41, 5.74) is -0.0730. The van der Waals surface area contributed by atoms with Gasteiger partial charge in [0.2, 0.25) is 0 Å². The van der Waals surface area contributed by atoms with Gasteiger partial charge in [0.05, 0.1) is 16.8 Å². The number of anilines is 1. The molecule has 0 amide bonds. The molecule has 0 unspecified atom stereocenters. The first kappa shape index (κ1) is 21.7. The minimum Gasteiger partial charge on any atom is -0.507 e. The van der Waals surface area contributed by atoms with E-state index in [1.807, 2.05) is 26.8 Å². The van der Waals surface area contributed by atoms with Gasteiger partial charge in [0.25, 0.3) is 0 Å². The molecule has 2 bridgehead atoms. The van der Waals surface area contributed by atoms with Crippen LogP contribution in [0.5, 0.6) is 5.75 Å². The lowest BCUT2D eigenvalue weighted by molar-refractivity contribution is 0.0974. The third kappa shape index (κ3) is 2.48. The zero-order valence-corrected chi connectivity index (χ0v) is 19.5. The minimum atomic E-state index is -1.32. The second-order valence-electron chi connectivity index (χ2n) is 9.60. The first-order chi connectivity index (χ1) is 16.8. The van der Waals surface area contributed by atoms with Gasteiger partial charge in [-0.1, -0.05) is 62.7 Å². The van der Waals surface area contributed by atoms with Gasteiger partial charge in [-0.15, -0.1) is 0 Å². The lowest BCUT2D eigenvalue weighted by atomic mass is 9.67. The van der Waals surface area contributed by atoms with Crippen molar-refractivity contribution < 1.29 is 24.5 Å². The number of aliphatic hydroxyl groups is 1. The summed E-state index contributed by atoms with van der Waals surface area (Å²) in [5.74, 6) is 10.6. The quantitative estimate of drug-likeness (QED) is 0.306. The number of benzene rings is 2. The highest BCUT2D eigenvalue weighted by atomic mass is 16.6. The predicted octanol–water partition coefficient (Wildman–Crippen LogP) is 3.08. The number of hydrogen-bond acceptors (Lipinski definition) is 6. The van der Waals surface area contributed by atoms with Gasteiger partial charge in [0.1, 0.15) is 17.4 Å². The molecule has 0 spiro atoms. The van der Waals surface area contributed by atoms with E-state index in [1.165, 1.54) is 6.07 Å². The number of epoxide rings is 1. The van der Waals surface area contributed by atoms with Crippen LogP contribution in [0.1, 0.15) is 63.7 Å². The van der Waals surface area contributed by atoms with Crippen molar-refractivity contribution in [3.05, 3.63) is 69.8 Å². The predicted molar refractivity (Wildman–Crippen MR) is 129 cm³/mol. The summed E-state index contributed by atoms with van der Waals surface area (Å²) in [7, 11) is 0. The number of allylic oxidation sites excluding steroid dienone is 2. The first-order valence-electron chi connectivity index (χ1n) is 11.7. The lowest BCUT2D eigenvalue weighted by Gasteiger charge is -2.38. The molecule has 0 radical (unpaired) electrons. The van der Waals surface area contributed by atoms with Crippen LogP contribution in [0.4, 0.5) is 5.69 Å². The van der Waals surface area contributed by atoms with Crippen LogP contribution >= 0.6 is 0 Å². The molecule has 6 heteroatoms. The Morgan fingerprint density at radius 3 is 2.54 bits per heavy atom. The van der Waals surface area contributed by atoms with Crippen molar-refractivity contribution in [2.45, 2.75) is 50.5 Å². The molecule has 2 aromatic rings. The van der Waals surface area contributed by atoms with Crippen molar-refractivity contribution >= 4 is 17.3 Å². The van der Waals surface area contributed by atoms with E-state index in [0.717, 1.165) is 5.56 Å². The standard InChI is InChI=1S/C29H23NO5/c1-4-16-10-9-11-17-22(16)27(34)24-23(26(17)33)19(31)14-18-25(24)30-20-12-7-5-6-8-13-21(32)29(18)28(20,35-29)15(2)3/h5-6,9-11,14-15,20-21,30-32H,4H2,1-3H3/b6-5-/t20-,21+,28-,29-/m0/s1. The fourth-order valence-corrected chi connectivity index (χ4v) is 6.10. The fraction of sp³-hybridized carbons (Fsp3) is 0.310. The van der Waals surface area contributed by atoms with E-state index in [1.54, 1.807) is 24.3 Å². The van der Waals surface area contributed by atoms with Crippen LogP contribution in [-0.2, 0) is 16.8 Å². The molecule has 0 aromatic heterocycles. The van der Waals surface area contributed by atoms with Gasteiger partial charge in [-0.05, 0) is 36.1 Å². The molecular weight excluding hydrogens is 442 g/mol. The Balaban J connectivity index is 1.69. The average Bonchev–Trinajstić information content (AvgIpc) is 3.57. The molecule has 174 valence electrons. The monoisotopic (exact) mass is 465 g/mol. The van der Waals surface area contributed by atoms with Crippen LogP contribution < -0.4 is 5.32 Å². The Labute approximate surface area is 203 Å². The maximum atomic E-state index is 14.0. The normalized spacial score (nSPS) is 29.7. The zero-order chi connectivity index (χ0) is 24.7. The molecule has 2 aromatic carbocycles. The van der Waals surface area contributed by atoms with E-state index in [4.69, 9.17) is 4.74 Å². The van der Waals surface area contributed by atoms with E-state index < -0.39 is 29.1 Å². The van der Waals surface area contributed by atoms with Gasteiger partial charge >= 0.3 is 0 Å². The number of ketones is 2. The highest BCUT2D eigenvalue weighted by Gasteiger charge is 2.81. The van der Waals surface area contributed by atoms with Crippen LogP contribution in [0.3, 0.4) is 0 Å². The maximum Gasteiger partial charge on any atom is 0.198 e. The molecule has 3 N–H and O–H groups in total. The summed E-state index contributed by atoms with van der Waals surface area (Å²) in [6.45, 7) is 5.87. The number of ether oxygens (including phenoxy) is 1. The number of fused-ring (bicyclic) bond motifs is 4. The van der Waals surface area contributed by atoms with Crippen LogP contribution in [0.15, 0.2) is 36.4 Å². The summed E-state index contributed by atoms with van der Waals surface area (Å²) in [5, 5.41) is 25.8. The van der Waals surface area contributed by atoms with E-state index >= 15 is 0 Å². The number of nitrogens with one attached hydrogen (secondary N) is 1. The number of phenolic OH excluding ortho intramolecular Hbond substituents is 1. The van der Waals surface area contributed by atoms with Crippen molar-refractivity contribution in [1.82, 2.24) is 0 Å². The number of carbonyl (C=O) groups is 2. The lowest BCUT2D eigenvalue weighted by Crippen LogP contribution is -2.52. The molecule has 6 rings (SSSR count). The largest absolute Gasteiger partial charge is 0.507 e. The Morgan fingerprint density at radius 1 is 1.09 bits per heavy atom. The van der Waals surface area contributed by atoms with Crippen molar-refractivity contribution in [1.29, 1.82) is 0 Å². The zero-order valence-electron chi connectivity index (χ0n) is 19.5. The number of phenols is 1. The first-order valence-corrected chi connectivity index (χ1v) is 11.7. The molecule has 4 atom stereocenters. The van der Waals surface area contributed by atoms with Gasteiger partial charge in [0, 0.05) is 16.7 Å². The van der Waals surface area contributed by atoms with Crippen molar-refractivity contribution in [2.24, 2.45) is 5.92 Å². The van der Waals surface area contributed by atoms with Gasteiger partial charge < -0.3 is 20.3 Å². The number of carbonyl (C=O) groups excluding carboxylic acids is 2. The number of aryl methyl sites for hydroxylation is 1. The molecule has 6 nitrogen and oxygen atoms in total. The van der Waals surface area contributed by atoms with E-state index in [0.29, 0.717) is 23.2 Å². The molecule has 35 heavy (non-hydrogen) atoms. The highest BCUT2D eigenvalue weighted by Crippen LogP contribution is 2.68. The van der Waals surface area contributed by atoms with Crippen molar-refractivity contribution in [3.8, 4) is 29.4 Å². The summed E-state index contributed by atoms with van der Waals surface area (Å²) < 4.78 is 6.42. The summed E-state index contributed by atoms with van der Waals surface area (Å²) in [6.07, 6.45) is 2.49. The van der Waals surface area contributed by atoms with Gasteiger partial charge in [-0.25, -0.2) is 0 Å². The van der Waals surface area contributed by atoms with Crippen molar-refractivity contribution in [3.63, 3.8) is 0 Å². The molecular formula is C29H23NO5. The van der Waals surface area contributed by atoms with Crippen LogP contribution in [0, 0.1) is 29.6 Å². The average molecular weight is 466 g/mol. The third-order valence-electron chi connectivity index (χ3n) is 7.69. The second-order valence-corrected chi connectivity index (χ2v) is 9.60. The number of aliphatic hydroxyl groups excluding tert-OH is 1. The summed E-state index contributed by atoms with van der Waals surface area (Å²) in [4.78, 5) is 27.5. The van der Waals surface area contributed by atoms with Crippen molar-refractivity contribution in [2.75, 3.05) is 5.32 Å². The summed E-state index contributed by atoms with van der Waals surface area (Å²) in [6, 6.07) is 6.04. The summed E-state index contributed by atoms with van der Waals surface area (Å²) >= 11 is 0. The van der Waals surface area contributed by atoms with E-state index in [-0.39, 0.29) is 34.1 Å². The molecule has 1 saturated heterocycles. The molecule has 2 aliphatic heterocycles. The van der Waals surface area contributed by atoms with E-state index in [9.17, 15) is 19.8 Å². The van der Waals surface area contributed by atoms with Gasteiger partial charge in [0.15, 0.2) is 23.3 Å². The van der Waals surface area contributed by atoms with E-state index in [2.05, 4.69) is 29.0 Å².